The Morgan fingerprint density at radius 1 is 1.42 bits per heavy atom. The van der Waals surface area contributed by atoms with Crippen molar-refractivity contribution in [1.29, 1.82) is 0 Å². The average Bonchev–Trinajstić information content (AvgIpc) is 2.39. The highest BCUT2D eigenvalue weighted by atomic mass is 79.9. The van der Waals surface area contributed by atoms with Crippen molar-refractivity contribution in [3.63, 3.8) is 0 Å². The van der Waals surface area contributed by atoms with Crippen LogP contribution in [0.1, 0.15) is 57.6 Å². The number of hydrogen-bond donors (Lipinski definition) is 2. The predicted octanol–water partition coefficient (Wildman–Crippen LogP) is 4.77. The molecule has 0 amide bonds. The summed E-state index contributed by atoms with van der Waals surface area (Å²) >= 11 is 3.49. The third-order valence-corrected chi connectivity index (χ3v) is 4.64. The molecule has 0 radical (unpaired) electrons. The zero-order valence-corrected chi connectivity index (χ0v) is 13.4. The maximum Gasteiger partial charge on any atom is 0.120 e. The molecule has 19 heavy (non-hydrogen) atoms. The first-order chi connectivity index (χ1) is 9.10. The van der Waals surface area contributed by atoms with Gasteiger partial charge in [-0.2, -0.15) is 0 Å². The van der Waals surface area contributed by atoms with E-state index in [0.717, 1.165) is 22.4 Å². The lowest BCUT2D eigenvalue weighted by molar-refractivity contribution is 0.276. The molecule has 0 aliphatic heterocycles. The number of benzene rings is 1. The third kappa shape index (κ3) is 3.96. The molecule has 0 spiro atoms. The van der Waals surface area contributed by atoms with Crippen molar-refractivity contribution in [2.24, 2.45) is 5.92 Å². The Morgan fingerprint density at radius 3 is 2.89 bits per heavy atom. The lowest BCUT2D eigenvalue weighted by Gasteiger charge is -2.31. The largest absolute Gasteiger partial charge is 0.508 e. The number of phenols is 1. The van der Waals surface area contributed by atoms with Crippen molar-refractivity contribution in [3.05, 3.63) is 28.2 Å². The van der Waals surface area contributed by atoms with Gasteiger partial charge < -0.3 is 10.4 Å². The summed E-state index contributed by atoms with van der Waals surface area (Å²) in [4.78, 5) is 0. The van der Waals surface area contributed by atoms with Gasteiger partial charge in [0.1, 0.15) is 5.75 Å². The van der Waals surface area contributed by atoms with E-state index in [0.29, 0.717) is 11.8 Å². The van der Waals surface area contributed by atoms with E-state index in [1.165, 1.54) is 25.7 Å². The third-order valence-electron chi connectivity index (χ3n) is 4.15. The molecule has 1 aromatic carbocycles. The van der Waals surface area contributed by atoms with E-state index in [-0.39, 0.29) is 6.04 Å². The summed E-state index contributed by atoms with van der Waals surface area (Å²) in [5.74, 6) is 1.21. The molecule has 1 saturated carbocycles. The van der Waals surface area contributed by atoms with E-state index >= 15 is 0 Å². The first kappa shape index (κ1) is 14.9. The molecule has 1 aromatic rings. The van der Waals surface area contributed by atoms with Gasteiger partial charge in [-0.3, -0.25) is 0 Å². The van der Waals surface area contributed by atoms with Crippen molar-refractivity contribution in [3.8, 4) is 5.75 Å². The fourth-order valence-corrected chi connectivity index (χ4v) is 3.48. The molecule has 0 bridgehead atoms. The number of aromatic hydroxyl groups is 1. The Hall–Kier alpha value is -0.540. The molecule has 2 nitrogen and oxygen atoms in total. The first-order valence-electron chi connectivity index (χ1n) is 7.34. The van der Waals surface area contributed by atoms with Crippen LogP contribution in [0, 0.1) is 5.92 Å². The van der Waals surface area contributed by atoms with Crippen molar-refractivity contribution >= 4 is 15.9 Å². The molecule has 0 saturated heterocycles. The molecule has 3 atom stereocenters. The second kappa shape index (κ2) is 6.76. The van der Waals surface area contributed by atoms with Crippen LogP contribution in [0.25, 0.3) is 0 Å². The molecule has 2 N–H and O–H groups in total. The number of hydrogen-bond acceptors (Lipinski definition) is 2. The zero-order valence-electron chi connectivity index (χ0n) is 11.8. The summed E-state index contributed by atoms with van der Waals surface area (Å²) < 4.78 is 1.03. The molecule has 3 heteroatoms. The molecular weight excluding hydrogens is 302 g/mol. The minimum Gasteiger partial charge on any atom is -0.508 e. The van der Waals surface area contributed by atoms with Gasteiger partial charge in [-0.15, -0.1) is 0 Å². The Balaban J connectivity index is 2.09. The lowest BCUT2D eigenvalue weighted by Crippen LogP contribution is -2.36. The van der Waals surface area contributed by atoms with Crippen LogP contribution in [-0.4, -0.2) is 11.1 Å². The van der Waals surface area contributed by atoms with E-state index in [1.807, 2.05) is 12.1 Å². The number of halogens is 1. The average molecular weight is 326 g/mol. The van der Waals surface area contributed by atoms with Gasteiger partial charge in [-0.25, -0.2) is 0 Å². The lowest BCUT2D eigenvalue weighted by atomic mass is 9.86. The molecule has 1 fully saturated rings. The van der Waals surface area contributed by atoms with Gasteiger partial charge >= 0.3 is 0 Å². The molecule has 0 aromatic heterocycles. The minimum atomic E-state index is 0.243. The summed E-state index contributed by atoms with van der Waals surface area (Å²) in [6.07, 6.45) is 6.19. The second-order valence-electron chi connectivity index (χ2n) is 5.80. The van der Waals surface area contributed by atoms with E-state index in [1.54, 1.807) is 6.07 Å². The maximum absolute atomic E-state index is 10.1. The Labute approximate surface area is 124 Å². The SMILES string of the molecule is CCC(NC1CCCC(C)C1)c1cc(Br)ccc1O. The topological polar surface area (TPSA) is 32.3 Å². The van der Waals surface area contributed by atoms with Gasteiger partial charge in [0.2, 0.25) is 0 Å². The summed E-state index contributed by atoms with van der Waals surface area (Å²) in [5, 5.41) is 13.8. The van der Waals surface area contributed by atoms with Crippen LogP contribution in [-0.2, 0) is 0 Å². The fourth-order valence-electron chi connectivity index (χ4n) is 3.10. The molecule has 0 heterocycles. The van der Waals surface area contributed by atoms with Crippen molar-refractivity contribution in [2.45, 2.75) is 58.0 Å². The maximum atomic E-state index is 10.1. The number of phenolic OH excluding ortho intramolecular Hbond substituents is 1. The molecule has 1 aliphatic carbocycles. The second-order valence-corrected chi connectivity index (χ2v) is 6.72. The van der Waals surface area contributed by atoms with Crippen LogP contribution in [0.15, 0.2) is 22.7 Å². The highest BCUT2D eigenvalue weighted by Gasteiger charge is 2.23. The highest BCUT2D eigenvalue weighted by Crippen LogP contribution is 2.32. The minimum absolute atomic E-state index is 0.243. The number of nitrogens with one attached hydrogen (secondary N) is 1. The predicted molar refractivity (Wildman–Crippen MR) is 83.4 cm³/mol. The quantitative estimate of drug-likeness (QED) is 0.835. The molecular formula is C16H24BrNO. The van der Waals surface area contributed by atoms with E-state index in [9.17, 15) is 5.11 Å². The Bertz CT molecular complexity index is 421. The molecule has 106 valence electrons. The van der Waals surface area contributed by atoms with Crippen LogP contribution in [0.5, 0.6) is 5.75 Å². The zero-order chi connectivity index (χ0) is 13.8. The van der Waals surface area contributed by atoms with Gasteiger partial charge in [-0.1, -0.05) is 42.6 Å². The fraction of sp³-hybridized carbons (Fsp3) is 0.625. The van der Waals surface area contributed by atoms with Crippen LogP contribution in [0.4, 0.5) is 0 Å². The van der Waals surface area contributed by atoms with Gasteiger partial charge in [0.05, 0.1) is 0 Å². The normalized spacial score (nSPS) is 25.2. The van der Waals surface area contributed by atoms with Gasteiger partial charge in [0, 0.05) is 22.1 Å². The first-order valence-corrected chi connectivity index (χ1v) is 8.14. The summed E-state index contributed by atoms with van der Waals surface area (Å²) in [6, 6.07) is 6.52. The summed E-state index contributed by atoms with van der Waals surface area (Å²) in [6.45, 7) is 4.51. The Kier molecular flexibility index (Phi) is 5.28. The van der Waals surface area contributed by atoms with Crippen LogP contribution >= 0.6 is 15.9 Å². The van der Waals surface area contributed by atoms with Gasteiger partial charge in [-0.05, 0) is 43.4 Å². The van der Waals surface area contributed by atoms with Crippen LogP contribution in [0.3, 0.4) is 0 Å². The standard InChI is InChI=1S/C16H24BrNO/c1-3-15(14-10-12(17)7-8-16(14)19)18-13-6-4-5-11(2)9-13/h7-8,10-11,13,15,18-19H,3-6,9H2,1-2H3. The van der Waals surface area contributed by atoms with Crippen LogP contribution < -0.4 is 5.32 Å². The summed E-state index contributed by atoms with van der Waals surface area (Å²) in [5.41, 5.74) is 1.01. The highest BCUT2D eigenvalue weighted by molar-refractivity contribution is 9.10. The van der Waals surface area contributed by atoms with Crippen molar-refractivity contribution < 1.29 is 5.11 Å². The molecule has 1 aliphatic rings. The van der Waals surface area contributed by atoms with E-state index in [4.69, 9.17) is 0 Å². The van der Waals surface area contributed by atoms with Gasteiger partial charge in [0.25, 0.3) is 0 Å². The monoisotopic (exact) mass is 325 g/mol. The molecule has 3 unspecified atom stereocenters. The Morgan fingerprint density at radius 2 is 2.21 bits per heavy atom. The summed E-state index contributed by atoms with van der Waals surface area (Å²) in [7, 11) is 0. The number of rotatable bonds is 4. The van der Waals surface area contributed by atoms with Crippen LogP contribution in [0.2, 0.25) is 0 Å². The molecule has 2 rings (SSSR count). The smallest absolute Gasteiger partial charge is 0.120 e. The van der Waals surface area contributed by atoms with Crippen molar-refractivity contribution in [1.82, 2.24) is 5.32 Å². The van der Waals surface area contributed by atoms with Gasteiger partial charge in [0.15, 0.2) is 0 Å². The van der Waals surface area contributed by atoms with E-state index < -0.39 is 0 Å². The van der Waals surface area contributed by atoms with Crippen molar-refractivity contribution in [2.75, 3.05) is 0 Å². The van der Waals surface area contributed by atoms with E-state index in [2.05, 4.69) is 35.1 Å².